The maximum atomic E-state index is 4.69. The van der Waals surface area contributed by atoms with E-state index < -0.39 is 0 Å². The summed E-state index contributed by atoms with van der Waals surface area (Å²) in [5.74, 6) is 4.76. The zero-order chi connectivity index (χ0) is 15.9. The van der Waals surface area contributed by atoms with Crippen LogP contribution in [0.1, 0.15) is 30.9 Å². The second-order valence-corrected chi connectivity index (χ2v) is 7.26. The smallest absolute Gasteiger partial charge is 0.227 e. The molecule has 0 amide bonds. The Kier molecular flexibility index (Phi) is 3.40. The molecule has 0 radical (unpaired) electrons. The quantitative estimate of drug-likeness (QED) is 0.778. The topological polar surface area (TPSA) is 81.8 Å². The molecule has 1 saturated carbocycles. The van der Waals surface area contributed by atoms with Crippen molar-refractivity contribution in [1.29, 1.82) is 0 Å². The van der Waals surface area contributed by atoms with Crippen LogP contribution in [0.5, 0.6) is 0 Å². The Hall–Kier alpha value is -2.15. The van der Waals surface area contributed by atoms with Crippen molar-refractivity contribution in [3.8, 4) is 0 Å². The van der Waals surface area contributed by atoms with E-state index in [0.29, 0.717) is 5.92 Å². The number of nitrogens with zero attached hydrogens (tertiary/aromatic N) is 4. The summed E-state index contributed by atoms with van der Waals surface area (Å²) in [5, 5.41) is 14.1. The Morgan fingerprint density at radius 3 is 2.83 bits per heavy atom. The highest BCUT2D eigenvalue weighted by molar-refractivity contribution is 5.53. The zero-order valence-corrected chi connectivity index (χ0v) is 13.7. The van der Waals surface area contributed by atoms with Crippen LogP contribution in [0.4, 0.5) is 17.6 Å². The first-order valence-corrected chi connectivity index (χ1v) is 8.96. The molecule has 1 unspecified atom stereocenters. The van der Waals surface area contributed by atoms with E-state index in [0.717, 1.165) is 42.5 Å². The summed E-state index contributed by atoms with van der Waals surface area (Å²) in [6, 6.07) is 3.99. The first-order chi connectivity index (χ1) is 11.8. The molecule has 1 aliphatic carbocycles. The van der Waals surface area contributed by atoms with Gasteiger partial charge < -0.3 is 15.5 Å². The van der Waals surface area contributed by atoms with Crippen molar-refractivity contribution in [2.45, 2.75) is 25.2 Å². The van der Waals surface area contributed by atoms with Crippen molar-refractivity contribution < 1.29 is 0 Å². The standard InChI is InChI=1S/C17H23N7/c1-2-11(1)14-7-16(23-22-14)20-15-3-5-19-17(21-15)24-6-4-12(10-24)13-8-18-9-13/h3,5,7,11-13,18H,1-2,4,6,8-10H2,(H2,19,20,21,22,23). The van der Waals surface area contributed by atoms with Crippen LogP contribution in [-0.2, 0) is 0 Å². The zero-order valence-electron chi connectivity index (χ0n) is 13.7. The molecule has 3 aliphatic rings. The van der Waals surface area contributed by atoms with Crippen LogP contribution >= 0.6 is 0 Å². The Bertz CT molecular complexity index is 719. The van der Waals surface area contributed by atoms with Gasteiger partial charge in [0.1, 0.15) is 5.82 Å². The molecule has 2 saturated heterocycles. The van der Waals surface area contributed by atoms with Crippen LogP contribution in [0.25, 0.3) is 0 Å². The second kappa shape index (κ2) is 5.73. The lowest BCUT2D eigenvalue weighted by Crippen LogP contribution is -2.46. The van der Waals surface area contributed by atoms with E-state index in [4.69, 9.17) is 4.98 Å². The lowest BCUT2D eigenvalue weighted by molar-refractivity contribution is 0.250. The summed E-state index contributed by atoms with van der Waals surface area (Å²) in [5.41, 5.74) is 1.23. The molecule has 2 aromatic heterocycles. The van der Waals surface area contributed by atoms with Crippen molar-refractivity contribution in [3.05, 3.63) is 24.0 Å². The number of anilines is 3. The third-order valence-electron chi connectivity index (χ3n) is 5.50. The molecule has 126 valence electrons. The maximum absolute atomic E-state index is 4.69. The fourth-order valence-corrected chi connectivity index (χ4v) is 3.70. The molecule has 24 heavy (non-hydrogen) atoms. The fourth-order valence-electron chi connectivity index (χ4n) is 3.70. The first-order valence-electron chi connectivity index (χ1n) is 8.96. The highest BCUT2D eigenvalue weighted by atomic mass is 15.3. The van der Waals surface area contributed by atoms with Gasteiger partial charge in [-0.25, -0.2) is 4.98 Å². The molecule has 0 bridgehead atoms. The van der Waals surface area contributed by atoms with Crippen LogP contribution in [0, 0.1) is 11.8 Å². The summed E-state index contributed by atoms with van der Waals surface area (Å²) in [6.07, 6.45) is 5.62. The molecule has 1 atom stereocenters. The second-order valence-electron chi connectivity index (χ2n) is 7.26. The SMILES string of the molecule is c1cc(Nc2cc(C3CC3)[nH]n2)nc(N2CCC(C3CNC3)C2)n1. The predicted octanol–water partition coefficient (Wildman–Crippen LogP) is 1.87. The van der Waals surface area contributed by atoms with Crippen LogP contribution in [-0.4, -0.2) is 46.3 Å². The van der Waals surface area contributed by atoms with E-state index in [1.807, 2.05) is 12.3 Å². The highest BCUT2D eigenvalue weighted by Crippen LogP contribution is 2.39. The number of aromatic nitrogens is 4. The largest absolute Gasteiger partial charge is 0.340 e. The van der Waals surface area contributed by atoms with E-state index in [1.54, 1.807) is 0 Å². The minimum absolute atomic E-state index is 0.677. The monoisotopic (exact) mass is 325 g/mol. The third-order valence-corrected chi connectivity index (χ3v) is 5.50. The average molecular weight is 325 g/mol. The van der Waals surface area contributed by atoms with Crippen LogP contribution < -0.4 is 15.5 Å². The molecule has 0 spiro atoms. The van der Waals surface area contributed by atoms with Gasteiger partial charge in [-0.3, -0.25) is 5.10 Å². The lowest BCUT2D eigenvalue weighted by atomic mass is 9.87. The number of nitrogens with one attached hydrogen (secondary N) is 3. The van der Waals surface area contributed by atoms with Crippen molar-refractivity contribution >= 4 is 17.6 Å². The van der Waals surface area contributed by atoms with E-state index in [9.17, 15) is 0 Å². The molecule has 5 rings (SSSR count). The highest BCUT2D eigenvalue weighted by Gasteiger charge is 2.33. The molecule has 2 aliphatic heterocycles. The van der Waals surface area contributed by atoms with Gasteiger partial charge in [-0.05, 0) is 50.3 Å². The Labute approximate surface area is 141 Å². The van der Waals surface area contributed by atoms with Crippen LogP contribution in [0.3, 0.4) is 0 Å². The van der Waals surface area contributed by atoms with Gasteiger partial charge in [0.2, 0.25) is 5.95 Å². The van der Waals surface area contributed by atoms with Gasteiger partial charge in [-0.15, -0.1) is 0 Å². The molecule has 2 aromatic rings. The molecule has 3 N–H and O–H groups in total. The van der Waals surface area contributed by atoms with Crippen LogP contribution in [0.15, 0.2) is 18.3 Å². The lowest BCUT2D eigenvalue weighted by Gasteiger charge is -2.32. The summed E-state index contributed by atoms with van der Waals surface area (Å²) < 4.78 is 0. The summed E-state index contributed by atoms with van der Waals surface area (Å²) in [7, 11) is 0. The van der Waals surface area contributed by atoms with Gasteiger partial charge in [0.15, 0.2) is 5.82 Å². The minimum atomic E-state index is 0.677. The minimum Gasteiger partial charge on any atom is -0.340 e. The summed E-state index contributed by atoms with van der Waals surface area (Å²) in [4.78, 5) is 11.5. The Balaban J connectivity index is 1.27. The number of hydrogen-bond donors (Lipinski definition) is 3. The van der Waals surface area contributed by atoms with Gasteiger partial charge >= 0.3 is 0 Å². The van der Waals surface area contributed by atoms with Crippen molar-refractivity contribution in [3.63, 3.8) is 0 Å². The molecular formula is C17H23N7. The van der Waals surface area contributed by atoms with Gasteiger partial charge in [0.05, 0.1) is 0 Å². The molecule has 7 heteroatoms. The van der Waals surface area contributed by atoms with Crippen LogP contribution in [0.2, 0.25) is 0 Å². The van der Waals surface area contributed by atoms with Gasteiger partial charge in [0.25, 0.3) is 0 Å². The van der Waals surface area contributed by atoms with E-state index in [-0.39, 0.29) is 0 Å². The van der Waals surface area contributed by atoms with Crippen molar-refractivity contribution in [1.82, 2.24) is 25.5 Å². The number of rotatable bonds is 5. The van der Waals surface area contributed by atoms with Crippen molar-refractivity contribution in [2.75, 3.05) is 36.4 Å². The summed E-state index contributed by atoms with van der Waals surface area (Å²) >= 11 is 0. The van der Waals surface area contributed by atoms with Gasteiger partial charge in [0, 0.05) is 37.0 Å². The molecule has 3 fully saturated rings. The Morgan fingerprint density at radius 1 is 1.12 bits per heavy atom. The normalized spacial score (nSPS) is 24.2. The van der Waals surface area contributed by atoms with E-state index in [2.05, 4.69) is 36.8 Å². The fraction of sp³-hybridized carbons (Fsp3) is 0.588. The molecular weight excluding hydrogens is 302 g/mol. The predicted molar refractivity (Wildman–Crippen MR) is 92.6 cm³/mol. The van der Waals surface area contributed by atoms with Gasteiger partial charge in [-0.1, -0.05) is 0 Å². The van der Waals surface area contributed by atoms with E-state index >= 15 is 0 Å². The number of aromatic amines is 1. The molecule has 4 heterocycles. The number of hydrogen-bond acceptors (Lipinski definition) is 6. The Morgan fingerprint density at radius 2 is 2.04 bits per heavy atom. The third kappa shape index (κ3) is 2.73. The van der Waals surface area contributed by atoms with Crippen molar-refractivity contribution in [2.24, 2.45) is 11.8 Å². The first kappa shape index (κ1) is 14.2. The molecule has 0 aromatic carbocycles. The van der Waals surface area contributed by atoms with Gasteiger partial charge in [-0.2, -0.15) is 10.1 Å². The maximum Gasteiger partial charge on any atom is 0.227 e. The van der Waals surface area contributed by atoms with E-state index in [1.165, 1.54) is 38.0 Å². The molecule has 7 nitrogen and oxygen atoms in total. The average Bonchev–Trinajstić information content (AvgIpc) is 3.10. The summed E-state index contributed by atoms with van der Waals surface area (Å²) in [6.45, 7) is 4.47. The number of H-pyrrole nitrogens is 1.